The molecule has 1 heterocycles. The maximum Gasteiger partial charge on any atom is 0.131 e. The smallest absolute Gasteiger partial charge is 0.131 e. The van der Waals surface area contributed by atoms with Crippen molar-refractivity contribution in [3.05, 3.63) is 29.6 Å². The number of phenols is 1. The lowest BCUT2D eigenvalue weighted by Crippen LogP contribution is -2.43. The number of benzene rings is 1. The van der Waals surface area contributed by atoms with Crippen molar-refractivity contribution in [3.63, 3.8) is 0 Å². The standard InChI is InChI=1S/C16H25FN2O/c1-3-8-19-9-6-13(7-10-19)18-12(2)15-5-4-14(20)11-16(15)17/h4-5,11-13,18,20H,3,6-10H2,1-2H3. The molecule has 1 unspecified atom stereocenters. The molecule has 0 aliphatic carbocycles. The molecule has 1 fully saturated rings. The first-order chi connectivity index (χ1) is 9.60. The number of piperidine rings is 1. The molecule has 0 radical (unpaired) electrons. The fourth-order valence-electron chi connectivity index (χ4n) is 2.95. The number of phenolic OH excluding ortho intramolecular Hbond substituents is 1. The van der Waals surface area contributed by atoms with Crippen molar-refractivity contribution in [3.8, 4) is 5.75 Å². The number of hydrogen-bond acceptors (Lipinski definition) is 3. The molecule has 0 amide bonds. The van der Waals surface area contributed by atoms with Crippen LogP contribution < -0.4 is 5.32 Å². The van der Waals surface area contributed by atoms with Crippen LogP contribution >= 0.6 is 0 Å². The minimum Gasteiger partial charge on any atom is -0.508 e. The number of halogens is 1. The van der Waals surface area contributed by atoms with Crippen LogP contribution in [-0.4, -0.2) is 35.7 Å². The largest absolute Gasteiger partial charge is 0.508 e. The molecule has 1 aliphatic heterocycles. The summed E-state index contributed by atoms with van der Waals surface area (Å²) in [6.45, 7) is 7.61. The number of likely N-dealkylation sites (tertiary alicyclic amines) is 1. The molecule has 0 aromatic heterocycles. The van der Waals surface area contributed by atoms with Crippen molar-refractivity contribution in [1.82, 2.24) is 10.2 Å². The van der Waals surface area contributed by atoms with Crippen LogP contribution in [0.2, 0.25) is 0 Å². The Bertz CT molecular complexity index is 430. The Morgan fingerprint density at radius 1 is 1.40 bits per heavy atom. The van der Waals surface area contributed by atoms with E-state index in [2.05, 4.69) is 17.1 Å². The van der Waals surface area contributed by atoms with Crippen LogP contribution in [0, 0.1) is 5.82 Å². The molecule has 0 saturated carbocycles. The highest BCUT2D eigenvalue weighted by Gasteiger charge is 2.21. The highest BCUT2D eigenvalue weighted by molar-refractivity contribution is 5.29. The third-order valence-corrected chi connectivity index (χ3v) is 4.06. The van der Waals surface area contributed by atoms with E-state index in [1.165, 1.54) is 19.0 Å². The summed E-state index contributed by atoms with van der Waals surface area (Å²) in [5, 5.41) is 12.8. The van der Waals surface area contributed by atoms with Gasteiger partial charge in [-0.2, -0.15) is 0 Å². The zero-order valence-electron chi connectivity index (χ0n) is 12.4. The lowest BCUT2D eigenvalue weighted by Gasteiger charge is -2.33. The number of rotatable bonds is 5. The minimum atomic E-state index is -0.339. The minimum absolute atomic E-state index is 0.0219. The van der Waals surface area contributed by atoms with Crippen molar-refractivity contribution in [2.24, 2.45) is 0 Å². The Hall–Kier alpha value is -1.13. The van der Waals surface area contributed by atoms with Crippen LogP contribution in [0.15, 0.2) is 18.2 Å². The maximum absolute atomic E-state index is 13.8. The Labute approximate surface area is 120 Å². The van der Waals surface area contributed by atoms with Crippen LogP contribution in [0.25, 0.3) is 0 Å². The molecule has 4 heteroatoms. The second kappa shape index (κ2) is 7.04. The number of nitrogens with one attached hydrogen (secondary N) is 1. The summed E-state index contributed by atoms with van der Waals surface area (Å²) in [7, 11) is 0. The van der Waals surface area contributed by atoms with Gasteiger partial charge in [-0.3, -0.25) is 0 Å². The molecule has 0 spiro atoms. The Balaban J connectivity index is 1.87. The number of hydrogen-bond donors (Lipinski definition) is 2. The first-order valence-corrected chi connectivity index (χ1v) is 7.57. The SMILES string of the molecule is CCCN1CCC(NC(C)c2ccc(O)cc2F)CC1. The lowest BCUT2D eigenvalue weighted by molar-refractivity contribution is 0.192. The quantitative estimate of drug-likeness (QED) is 0.870. The lowest BCUT2D eigenvalue weighted by atomic mass is 10.0. The van der Waals surface area contributed by atoms with Crippen molar-refractivity contribution in [2.75, 3.05) is 19.6 Å². The van der Waals surface area contributed by atoms with Crippen LogP contribution in [0.1, 0.15) is 44.7 Å². The van der Waals surface area contributed by atoms with Gasteiger partial charge in [-0.05, 0) is 51.9 Å². The molecule has 3 nitrogen and oxygen atoms in total. The number of aromatic hydroxyl groups is 1. The van der Waals surface area contributed by atoms with E-state index in [-0.39, 0.29) is 17.6 Å². The van der Waals surface area contributed by atoms with Gasteiger partial charge in [0.25, 0.3) is 0 Å². The van der Waals surface area contributed by atoms with Gasteiger partial charge >= 0.3 is 0 Å². The third kappa shape index (κ3) is 3.93. The average molecular weight is 280 g/mol. The summed E-state index contributed by atoms with van der Waals surface area (Å²) < 4.78 is 13.8. The Kier molecular flexibility index (Phi) is 5.38. The van der Waals surface area contributed by atoms with Gasteiger partial charge in [-0.15, -0.1) is 0 Å². The molecule has 2 N–H and O–H groups in total. The fourth-order valence-corrected chi connectivity index (χ4v) is 2.95. The zero-order valence-corrected chi connectivity index (χ0v) is 12.4. The summed E-state index contributed by atoms with van der Waals surface area (Å²) in [6, 6.07) is 4.80. The van der Waals surface area contributed by atoms with Crippen molar-refractivity contribution in [1.29, 1.82) is 0 Å². The highest BCUT2D eigenvalue weighted by atomic mass is 19.1. The fraction of sp³-hybridized carbons (Fsp3) is 0.625. The molecule has 0 bridgehead atoms. The van der Waals surface area contributed by atoms with Gasteiger partial charge in [-0.25, -0.2) is 4.39 Å². The molecule has 1 aromatic rings. The van der Waals surface area contributed by atoms with E-state index >= 15 is 0 Å². The number of nitrogens with zero attached hydrogens (tertiary/aromatic N) is 1. The van der Waals surface area contributed by atoms with Crippen LogP contribution in [0.3, 0.4) is 0 Å². The first kappa shape index (κ1) is 15.3. The molecule has 112 valence electrons. The van der Waals surface area contributed by atoms with Crippen LogP contribution in [-0.2, 0) is 0 Å². The molecule has 2 rings (SSSR count). The van der Waals surface area contributed by atoms with Gasteiger partial charge in [-0.1, -0.05) is 13.0 Å². The van der Waals surface area contributed by atoms with E-state index in [9.17, 15) is 9.50 Å². The zero-order chi connectivity index (χ0) is 14.5. The van der Waals surface area contributed by atoms with Crippen molar-refractivity contribution < 1.29 is 9.50 Å². The second-order valence-corrected chi connectivity index (χ2v) is 5.71. The van der Waals surface area contributed by atoms with E-state index in [0.29, 0.717) is 11.6 Å². The Morgan fingerprint density at radius 3 is 2.70 bits per heavy atom. The molecule has 20 heavy (non-hydrogen) atoms. The van der Waals surface area contributed by atoms with Crippen molar-refractivity contribution >= 4 is 0 Å². The van der Waals surface area contributed by atoms with Gasteiger partial charge in [0, 0.05) is 23.7 Å². The predicted octanol–water partition coefficient (Wildman–Crippen LogP) is 3.06. The van der Waals surface area contributed by atoms with E-state index in [1.54, 1.807) is 12.1 Å². The summed E-state index contributed by atoms with van der Waals surface area (Å²) in [5.41, 5.74) is 0.624. The molecule has 1 aliphatic rings. The average Bonchev–Trinajstić information content (AvgIpc) is 2.41. The van der Waals surface area contributed by atoms with Gasteiger partial charge < -0.3 is 15.3 Å². The molecule has 1 atom stereocenters. The van der Waals surface area contributed by atoms with Gasteiger partial charge in [0.2, 0.25) is 0 Å². The van der Waals surface area contributed by atoms with Crippen molar-refractivity contribution in [2.45, 2.75) is 45.2 Å². The third-order valence-electron chi connectivity index (χ3n) is 4.06. The molecule has 1 aromatic carbocycles. The van der Waals surface area contributed by atoms with E-state index in [1.807, 2.05) is 6.92 Å². The Morgan fingerprint density at radius 2 is 2.10 bits per heavy atom. The molecule has 1 saturated heterocycles. The summed E-state index contributed by atoms with van der Waals surface area (Å²) in [4.78, 5) is 2.49. The monoisotopic (exact) mass is 280 g/mol. The summed E-state index contributed by atoms with van der Waals surface area (Å²) in [5.74, 6) is -0.361. The first-order valence-electron chi connectivity index (χ1n) is 7.57. The molecular weight excluding hydrogens is 255 g/mol. The summed E-state index contributed by atoms with van der Waals surface area (Å²) >= 11 is 0. The van der Waals surface area contributed by atoms with E-state index in [4.69, 9.17) is 0 Å². The van der Waals surface area contributed by atoms with E-state index < -0.39 is 0 Å². The van der Waals surface area contributed by atoms with Crippen LogP contribution in [0.4, 0.5) is 4.39 Å². The second-order valence-electron chi connectivity index (χ2n) is 5.71. The predicted molar refractivity (Wildman–Crippen MR) is 79.4 cm³/mol. The molecular formula is C16H25FN2O. The highest BCUT2D eigenvalue weighted by Crippen LogP contribution is 2.23. The van der Waals surface area contributed by atoms with Gasteiger partial charge in [0.05, 0.1) is 0 Å². The normalized spacial score (nSPS) is 19.1. The van der Waals surface area contributed by atoms with Crippen LogP contribution in [0.5, 0.6) is 5.75 Å². The van der Waals surface area contributed by atoms with Gasteiger partial charge in [0.1, 0.15) is 11.6 Å². The topological polar surface area (TPSA) is 35.5 Å². The maximum atomic E-state index is 13.8. The van der Waals surface area contributed by atoms with E-state index in [0.717, 1.165) is 25.9 Å². The van der Waals surface area contributed by atoms with Gasteiger partial charge in [0.15, 0.2) is 0 Å². The summed E-state index contributed by atoms with van der Waals surface area (Å²) in [6.07, 6.45) is 3.43.